The Kier molecular flexibility index (Phi) is 2.51. The summed E-state index contributed by atoms with van der Waals surface area (Å²) in [6.07, 6.45) is 3.69. The summed E-state index contributed by atoms with van der Waals surface area (Å²) < 4.78 is 7.46. The first-order valence-corrected chi connectivity index (χ1v) is 5.83. The second kappa shape index (κ2) is 4.18. The van der Waals surface area contributed by atoms with E-state index < -0.39 is 0 Å². The number of aryl methyl sites for hydroxylation is 1. The van der Waals surface area contributed by atoms with Gasteiger partial charge in [0.15, 0.2) is 5.58 Å². The number of aromatic nitrogens is 3. The van der Waals surface area contributed by atoms with E-state index in [1.54, 1.807) is 10.9 Å². The maximum absolute atomic E-state index is 5.71. The van der Waals surface area contributed by atoms with Crippen LogP contribution >= 0.6 is 0 Å². The number of hydrogen-bond donors (Lipinski definition) is 1. The fourth-order valence-electron chi connectivity index (χ4n) is 1.88. The Bertz CT molecular complexity index is 637. The van der Waals surface area contributed by atoms with E-state index in [2.05, 4.69) is 15.4 Å². The second-order valence-corrected chi connectivity index (χ2v) is 4.29. The number of benzene rings is 1. The molecule has 3 rings (SSSR count). The van der Waals surface area contributed by atoms with Crippen LogP contribution in [0.5, 0.6) is 0 Å². The van der Waals surface area contributed by atoms with E-state index in [0.29, 0.717) is 5.89 Å². The molecule has 1 aromatic carbocycles. The lowest BCUT2D eigenvalue weighted by Crippen LogP contribution is -2.06. The van der Waals surface area contributed by atoms with Crippen LogP contribution in [0.15, 0.2) is 41.1 Å². The van der Waals surface area contributed by atoms with Crippen LogP contribution in [-0.4, -0.2) is 14.8 Å². The van der Waals surface area contributed by atoms with Gasteiger partial charge in [0.2, 0.25) is 5.89 Å². The van der Waals surface area contributed by atoms with Crippen molar-refractivity contribution in [2.75, 3.05) is 5.32 Å². The standard InChI is InChI=1S/C13H14N4O/c1-9(15-10-7-14-17(2)8-10)13-16-11-5-3-4-6-12(11)18-13/h3-9,15H,1-2H3. The number of para-hydroxylation sites is 2. The van der Waals surface area contributed by atoms with E-state index >= 15 is 0 Å². The summed E-state index contributed by atoms with van der Waals surface area (Å²) in [7, 11) is 1.88. The minimum Gasteiger partial charge on any atom is -0.438 e. The second-order valence-electron chi connectivity index (χ2n) is 4.29. The van der Waals surface area contributed by atoms with Crippen molar-refractivity contribution in [3.05, 3.63) is 42.5 Å². The van der Waals surface area contributed by atoms with E-state index in [9.17, 15) is 0 Å². The quantitative estimate of drug-likeness (QED) is 0.767. The molecule has 1 atom stereocenters. The number of nitrogens with zero attached hydrogens (tertiary/aromatic N) is 3. The molecule has 2 heterocycles. The molecule has 0 radical (unpaired) electrons. The van der Waals surface area contributed by atoms with Crippen LogP contribution in [-0.2, 0) is 7.05 Å². The lowest BCUT2D eigenvalue weighted by Gasteiger charge is -2.08. The van der Waals surface area contributed by atoms with Gasteiger partial charge in [0.1, 0.15) is 11.6 Å². The zero-order chi connectivity index (χ0) is 12.5. The van der Waals surface area contributed by atoms with Gasteiger partial charge in [-0.15, -0.1) is 0 Å². The maximum Gasteiger partial charge on any atom is 0.217 e. The van der Waals surface area contributed by atoms with Crippen LogP contribution in [0.4, 0.5) is 5.69 Å². The molecule has 2 aromatic heterocycles. The average molecular weight is 242 g/mol. The van der Waals surface area contributed by atoms with Crippen LogP contribution in [0.3, 0.4) is 0 Å². The third kappa shape index (κ3) is 1.95. The van der Waals surface area contributed by atoms with Gasteiger partial charge in [0, 0.05) is 13.2 Å². The van der Waals surface area contributed by atoms with Gasteiger partial charge in [-0.2, -0.15) is 5.10 Å². The fraction of sp³-hybridized carbons (Fsp3) is 0.231. The number of anilines is 1. The van der Waals surface area contributed by atoms with E-state index in [1.165, 1.54) is 0 Å². The Morgan fingerprint density at radius 2 is 2.17 bits per heavy atom. The van der Waals surface area contributed by atoms with Crippen molar-refractivity contribution in [2.45, 2.75) is 13.0 Å². The van der Waals surface area contributed by atoms with Crippen LogP contribution in [0, 0.1) is 0 Å². The van der Waals surface area contributed by atoms with Gasteiger partial charge in [-0.1, -0.05) is 12.1 Å². The molecule has 3 aromatic rings. The van der Waals surface area contributed by atoms with Gasteiger partial charge in [-0.05, 0) is 19.1 Å². The van der Waals surface area contributed by atoms with E-state index in [-0.39, 0.29) is 6.04 Å². The predicted octanol–water partition coefficient (Wildman–Crippen LogP) is 2.73. The Hall–Kier alpha value is -2.30. The summed E-state index contributed by atoms with van der Waals surface area (Å²) in [5.41, 5.74) is 2.65. The van der Waals surface area contributed by atoms with Crippen molar-refractivity contribution in [2.24, 2.45) is 7.05 Å². The fourth-order valence-corrected chi connectivity index (χ4v) is 1.88. The minimum atomic E-state index is 0.00148. The largest absolute Gasteiger partial charge is 0.438 e. The normalized spacial score (nSPS) is 12.8. The Balaban J connectivity index is 1.85. The molecule has 0 aliphatic heterocycles. The molecular weight excluding hydrogens is 228 g/mol. The van der Waals surface area contributed by atoms with Crippen molar-refractivity contribution >= 4 is 16.8 Å². The lowest BCUT2D eigenvalue weighted by molar-refractivity contribution is 0.506. The molecule has 5 nitrogen and oxygen atoms in total. The molecule has 0 fully saturated rings. The van der Waals surface area contributed by atoms with Gasteiger partial charge >= 0.3 is 0 Å². The van der Waals surface area contributed by atoms with E-state index in [0.717, 1.165) is 16.8 Å². The highest BCUT2D eigenvalue weighted by atomic mass is 16.3. The van der Waals surface area contributed by atoms with Gasteiger partial charge < -0.3 is 9.73 Å². The average Bonchev–Trinajstić information content (AvgIpc) is 2.95. The van der Waals surface area contributed by atoms with Crippen molar-refractivity contribution in [1.82, 2.24) is 14.8 Å². The number of hydrogen-bond acceptors (Lipinski definition) is 4. The molecule has 0 spiro atoms. The predicted molar refractivity (Wildman–Crippen MR) is 69.3 cm³/mol. The number of rotatable bonds is 3. The van der Waals surface area contributed by atoms with Crippen LogP contribution in [0.2, 0.25) is 0 Å². The monoisotopic (exact) mass is 242 g/mol. The molecular formula is C13H14N4O. The maximum atomic E-state index is 5.71. The Labute approximate surface area is 104 Å². The SMILES string of the molecule is CC(Nc1cnn(C)c1)c1nc2ccccc2o1. The minimum absolute atomic E-state index is 0.00148. The van der Waals surface area contributed by atoms with Crippen LogP contribution in [0.1, 0.15) is 18.9 Å². The summed E-state index contributed by atoms with van der Waals surface area (Å²) in [5, 5.41) is 7.41. The third-order valence-electron chi connectivity index (χ3n) is 2.77. The molecule has 0 aliphatic rings. The highest BCUT2D eigenvalue weighted by molar-refractivity contribution is 5.72. The highest BCUT2D eigenvalue weighted by Crippen LogP contribution is 2.22. The summed E-state index contributed by atoms with van der Waals surface area (Å²) >= 11 is 0. The molecule has 1 N–H and O–H groups in total. The van der Waals surface area contributed by atoms with Crippen LogP contribution < -0.4 is 5.32 Å². The van der Waals surface area contributed by atoms with Crippen molar-refractivity contribution in [3.8, 4) is 0 Å². The topological polar surface area (TPSA) is 55.9 Å². The summed E-state index contributed by atoms with van der Waals surface area (Å²) in [4.78, 5) is 4.46. The van der Waals surface area contributed by atoms with Crippen molar-refractivity contribution in [3.63, 3.8) is 0 Å². The number of nitrogens with one attached hydrogen (secondary N) is 1. The van der Waals surface area contributed by atoms with Crippen LogP contribution in [0.25, 0.3) is 11.1 Å². The van der Waals surface area contributed by atoms with Crippen molar-refractivity contribution < 1.29 is 4.42 Å². The molecule has 0 bridgehead atoms. The zero-order valence-corrected chi connectivity index (χ0v) is 10.3. The summed E-state index contributed by atoms with van der Waals surface area (Å²) in [6.45, 7) is 2.01. The molecule has 18 heavy (non-hydrogen) atoms. The molecule has 5 heteroatoms. The van der Waals surface area contributed by atoms with Gasteiger partial charge in [0.05, 0.1) is 11.9 Å². The Morgan fingerprint density at radius 3 is 2.89 bits per heavy atom. The van der Waals surface area contributed by atoms with E-state index in [4.69, 9.17) is 4.42 Å². The molecule has 0 aliphatic carbocycles. The molecule has 1 unspecified atom stereocenters. The molecule has 0 amide bonds. The van der Waals surface area contributed by atoms with Gasteiger partial charge in [-0.3, -0.25) is 4.68 Å². The van der Waals surface area contributed by atoms with Gasteiger partial charge in [0.25, 0.3) is 0 Å². The smallest absolute Gasteiger partial charge is 0.217 e. The first-order valence-electron chi connectivity index (χ1n) is 5.83. The highest BCUT2D eigenvalue weighted by Gasteiger charge is 2.13. The van der Waals surface area contributed by atoms with Gasteiger partial charge in [-0.25, -0.2) is 4.98 Å². The number of oxazole rings is 1. The first-order chi connectivity index (χ1) is 8.72. The molecule has 92 valence electrons. The summed E-state index contributed by atoms with van der Waals surface area (Å²) in [5.74, 6) is 0.681. The van der Waals surface area contributed by atoms with Crippen molar-refractivity contribution in [1.29, 1.82) is 0 Å². The zero-order valence-electron chi connectivity index (χ0n) is 10.3. The molecule has 0 saturated heterocycles. The third-order valence-corrected chi connectivity index (χ3v) is 2.77. The summed E-state index contributed by atoms with van der Waals surface area (Å²) in [6, 6.07) is 7.76. The van der Waals surface area contributed by atoms with E-state index in [1.807, 2.05) is 44.4 Å². The lowest BCUT2D eigenvalue weighted by atomic mass is 10.3. The first kappa shape index (κ1) is 10.8. The Morgan fingerprint density at radius 1 is 1.33 bits per heavy atom. The molecule has 0 saturated carbocycles. The number of fused-ring (bicyclic) bond motifs is 1.